The van der Waals surface area contributed by atoms with Crippen molar-refractivity contribution in [3.8, 4) is 5.75 Å². The van der Waals surface area contributed by atoms with Crippen LogP contribution >= 0.6 is 12.6 Å². The summed E-state index contributed by atoms with van der Waals surface area (Å²) in [6.45, 7) is -0.685. The first-order valence-electron chi connectivity index (χ1n) is 10.2. The van der Waals surface area contributed by atoms with Gasteiger partial charge in [-0.25, -0.2) is 4.79 Å². The van der Waals surface area contributed by atoms with E-state index in [-0.39, 0.29) is 30.8 Å². The van der Waals surface area contributed by atoms with Crippen LogP contribution in [0, 0.1) is 0 Å². The number of hydrogen-bond acceptors (Lipinski definition) is 9. The highest BCUT2D eigenvalue weighted by molar-refractivity contribution is 7.80. The number of amides is 4. The molecule has 34 heavy (non-hydrogen) atoms. The van der Waals surface area contributed by atoms with Crippen LogP contribution in [0.1, 0.15) is 18.4 Å². The van der Waals surface area contributed by atoms with Crippen LogP contribution in [0.2, 0.25) is 0 Å². The molecule has 0 fully saturated rings. The van der Waals surface area contributed by atoms with Crippen LogP contribution in [-0.2, 0) is 30.4 Å². The number of rotatable bonds is 14. The van der Waals surface area contributed by atoms with Gasteiger partial charge in [0, 0.05) is 18.6 Å². The lowest BCUT2D eigenvalue weighted by atomic mass is 10.1. The Balaban J connectivity index is 2.89. The van der Waals surface area contributed by atoms with Gasteiger partial charge in [-0.3, -0.25) is 19.2 Å². The molecule has 0 heterocycles. The normalized spacial score (nSPS) is 14.2. The Labute approximate surface area is 200 Å². The molecule has 13 nitrogen and oxygen atoms in total. The first kappa shape index (κ1) is 28.7. The zero-order valence-electron chi connectivity index (χ0n) is 18.1. The molecule has 0 saturated carbocycles. The first-order valence-corrected chi connectivity index (χ1v) is 10.8. The second-order valence-corrected chi connectivity index (χ2v) is 7.73. The van der Waals surface area contributed by atoms with Crippen molar-refractivity contribution in [2.45, 2.75) is 43.4 Å². The summed E-state index contributed by atoms with van der Waals surface area (Å²) >= 11 is 4.02. The Hall–Kier alpha value is -3.36. The fourth-order valence-corrected chi connectivity index (χ4v) is 2.98. The Bertz CT molecular complexity index is 882. The van der Waals surface area contributed by atoms with Crippen molar-refractivity contribution in [1.29, 1.82) is 0 Å². The van der Waals surface area contributed by atoms with Gasteiger partial charge in [-0.1, -0.05) is 12.1 Å². The van der Waals surface area contributed by atoms with E-state index in [0.717, 1.165) is 0 Å². The number of hydrogen-bond donors (Lipinski definition) is 9. The SMILES string of the molecule is NC(=O)CCC(NC(=O)C(N)CO)C(=O)NC(CS)C(=O)NC(Cc1ccc(O)cc1)C(=O)O. The molecule has 0 saturated heterocycles. The van der Waals surface area contributed by atoms with Crippen molar-refractivity contribution in [2.75, 3.05) is 12.4 Å². The lowest BCUT2D eigenvalue weighted by Gasteiger charge is -2.24. The molecule has 1 aromatic rings. The number of aromatic hydroxyl groups is 1. The maximum absolute atomic E-state index is 12.7. The molecular formula is C20H29N5O8S. The topological polar surface area (TPSA) is 234 Å². The van der Waals surface area contributed by atoms with Crippen LogP contribution in [0.4, 0.5) is 0 Å². The molecule has 4 unspecified atom stereocenters. The van der Waals surface area contributed by atoms with Crippen LogP contribution in [0.25, 0.3) is 0 Å². The minimum absolute atomic E-state index is 0.00423. The van der Waals surface area contributed by atoms with Gasteiger partial charge >= 0.3 is 5.97 Å². The smallest absolute Gasteiger partial charge is 0.326 e. The van der Waals surface area contributed by atoms with Crippen LogP contribution in [0.3, 0.4) is 0 Å². The average Bonchev–Trinajstić information content (AvgIpc) is 2.79. The van der Waals surface area contributed by atoms with E-state index in [0.29, 0.717) is 5.56 Å². The lowest BCUT2D eigenvalue weighted by Crippen LogP contribution is -2.58. The number of thiol groups is 1. The Morgan fingerprint density at radius 2 is 1.44 bits per heavy atom. The summed E-state index contributed by atoms with van der Waals surface area (Å²) in [5, 5.41) is 34.7. The number of aliphatic hydroxyl groups is 1. The van der Waals surface area contributed by atoms with Gasteiger partial charge in [0.25, 0.3) is 0 Å². The predicted octanol–water partition coefficient (Wildman–Crippen LogP) is -3.01. The van der Waals surface area contributed by atoms with Crippen LogP contribution < -0.4 is 27.4 Å². The molecule has 1 rings (SSSR count). The third kappa shape index (κ3) is 9.64. The molecular weight excluding hydrogens is 470 g/mol. The van der Waals surface area contributed by atoms with Gasteiger partial charge in [0.15, 0.2) is 0 Å². The van der Waals surface area contributed by atoms with Crippen molar-refractivity contribution >= 4 is 42.2 Å². The molecule has 0 radical (unpaired) electrons. The van der Waals surface area contributed by atoms with Crippen LogP contribution in [0.15, 0.2) is 24.3 Å². The largest absolute Gasteiger partial charge is 0.508 e. The number of carbonyl (C=O) groups is 5. The second kappa shape index (κ2) is 14.0. The van der Waals surface area contributed by atoms with Crippen molar-refractivity contribution in [3.05, 3.63) is 29.8 Å². The number of carboxylic acid groups (broad SMARTS) is 1. The summed E-state index contributed by atoms with van der Waals surface area (Å²) in [4.78, 5) is 60.0. The highest BCUT2D eigenvalue weighted by atomic mass is 32.1. The highest BCUT2D eigenvalue weighted by Gasteiger charge is 2.30. The zero-order valence-corrected chi connectivity index (χ0v) is 19.0. The maximum atomic E-state index is 12.7. The zero-order chi connectivity index (χ0) is 25.8. The van der Waals surface area contributed by atoms with E-state index in [9.17, 15) is 34.2 Å². The minimum atomic E-state index is -1.34. The van der Waals surface area contributed by atoms with E-state index in [1.165, 1.54) is 24.3 Å². The number of aliphatic carboxylic acids is 1. The molecule has 0 aliphatic carbocycles. The predicted molar refractivity (Wildman–Crippen MR) is 123 cm³/mol. The van der Waals surface area contributed by atoms with Crippen LogP contribution in [-0.4, -0.2) is 81.4 Å². The number of carboxylic acids is 1. The van der Waals surface area contributed by atoms with Gasteiger partial charge in [0.05, 0.1) is 6.61 Å². The first-order chi connectivity index (χ1) is 16.0. The molecule has 4 amide bonds. The van der Waals surface area contributed by atoms with E-state index in [4.69, 9.17) is 16.6 Å². The average molecular weight is 500 g/mol. The van der Waals surface area contributed by atoms with Gasteiger partial charge in [0.2, 0.25) is 23.6 Å². The van der Waals surface area contributed by atoms with Gasteiger partial charge < -0.3 is 42.7 Å². The number of nitrogens with one attached hydrogen (secondary N) is 3. The number of aliphatic hydroxyl groups excluding tert-OH is 1. The van der Waals surface area contributed by atoms with Crippen molar-refractivity contribution < 1.29 is 39.3 Å². The van der Waals surface area contributed by atoms with Gasteiger partial charge in [0.1, 0.15) is 29.9 Å². The molecule has 0 bridgehead atoms. The summed E-state index contributed by atoms with van der Waals surface area (Å²) < 4.78 is 0. The summed E-state index contributed by atoms with van der Waals surface area (Å²) in [6, 6.07) is 0.494. The summed E-state index contributed by atoms with van der Waals surface area (Å²) in [7, 11) is 0. The number of phenolic OH excluding ortho intramolecular Hbond substituents is 1. The molecule has 14 heteroatoms. The Morgan fingerprint density at radius 1 is 0.912 bits per heavy atom. The van der Waals surface area contributed by atoms with Crippen LogP contribution in [0.5, 0.6) is 5.75 Å². The van der Waals surface area contributed by atoms with E-state index >= 15 is 0 Å². The van der Waals surface area contributed by atoms with Crippen molar-refractivity contribution in [1.82, 2.24) is 16.0 Å². The summed E-state index contributed by atoms with van der Waals surface area (Å²) in [6.07, 6.45) is -0.562. The van der Waals surface area contributed by atoms with E-state index in [2.05, 4.69) is 28.6 Å². The standard InChI is InChI=1S/C20H29N5O8S/c21-12(8-26)17(29)23-13(5-6-16(22)28)18(30)25-15(9-34)19(31)24-14(20(32)33)7-10-1-3-11(27)4-2-10/h1-4,12-15,26-27,34H,5-9,21H2,(H2,22,28)(H,23,29)(H,24,31)(H,25,30)(H,32,33). The number of phenols is 1. The monoisotopic (exact) mass is 499 g/mol. The van der Waals surface area contributed by atoms with Gasteiger partial charge in [-0.2, -0.15) is 12.6 Å². The maximum Gasteiger partial charge on any atom is 0.326 e. The highest BCUT2D eigenvalue weighted by Crippen LogP contribution is 2.11. The number of primary amides is 1. The molecule has 188 valence electrons. The Morgan fingerprint density at radius 3 is 1.94 bits per heavy atom. The quantitative estimate of drug-likeness (QED) is 0.118. The van der Waals surface area contributed by atoms with Crippen molar-refractivity contribution in [2.24, 2.45) is 11.5 Å². The third-order valence-corrected chi connectivity index (χ3v) is 5.02. The van der Waals surface area contributed by atoms with E-state index in [1.54, 1.807) is 0 Å². The van der Waals surface area contributed by atoms with E-state index in [1.807, 2.05) is 0 Å². The Kier molecular flexibility index (Phi) is 11.8. The fourth-order valence-electron chi connectivity index (χ4n) is 2.72. The molecule has 1 aromatic carbocycles. The molecule has 0 aliphatic rings. The lowest BCUT2D eigenvalue weighted by molar-refractivity contribution is -0.142. The molecule has 4 atom stereocenters. The molecule has 10 N–H and O–H groups in total. The summed E-state index contributed by atoms with van der Waals surface area (Å²) in [5.74, 6) is -4.85. The van der Waals surface area contributed by atoms with Gasteiger partial charge in [-0.05, 0) is 24.1 Å². The molecule has 0 spiro atoms. The summed E-state index contributed by atoms with van der Waals surface area (Å²) in [5.41, 5.74) is 11.0. The fraction of sp³-hybridized carbons (Fsp3) is 0.450. The molecule has 0 aromatic heterocycles. The van der Waals surface area contributed by atoms with E-state index < -0.39 is 60.4 Å². The third-order valence-electron chi connectivity index (χ3n) is 4.65. The minimum Gasteiger partial charge on any atom is -0.508 e. The number of benzene rings is 1. The number of nitrogens with two attached hydrogens (primary N) is 2. The molecule has 0 aliphatic heterocycles. The van der Waals surface area contributed by atoms with Crippen molar-refractivity contribution in [3.63, 3.8) is 0 Å². The van der Waals surface area contributed by atoms with Gasteiger partial charge in [-0.15, -0.1) is 0 Å². The second-order valence-electron chi connectivity index (χ2n) is 7.37. The number of carbonyl (C=O) groups excluding carboxylic acids is 4.